The Morgan fingerprint density at radius 1 is 1.29 bits per heavy atom. The van der Waals surface area contributed by atoms with E-state index in [4.69, 9.17) is 5.73 Å². The monoisotopic (exact) mass is 291 g/mol. The normalized spacial score (nSPS) is 15.5. The number of hydrogen-bond donors (Lipinski definition) is 2. The highest BCUT2D eigenvalue weighted by atomic mass is 16.2. The van der Waals surface area contributed by atoms with Gasteiger partial charge in [-0.05, 0) is 25.5 Å². The van der Waals surface area contributed by atoms with Crippen molar-refractivity contribution in [3.8, 4) is 0 Å². The summed E-state index contributed by atoms with van der Waals surface area (Å²) >= 11 is 0. The lowest BCUT2D eigenvalue weighted by molar-refractivity contribution is -0.124. The Balaban J connectivity index is 2.39. The molecule has 4 nitrogen and oxygen atoms in total. The summed E-state index contributed by atoms with van der Waals surface area (Å²) in [6, 6.07) is 9.98. The molecule has 0 fully saturated rings. The van der Waals surface area contributed by atoms with Gasteiger partial charge >= 0.3 is 0 Å². The number of benzene rings is 1. The average molecular weight is 291 g/mol. The maximum atomic E-state index is 12.0. The van der Waals surface area contributed by atoms with Crippen LogP contribution < -0.4 is 11.1 Å². The highest BCUT2D eigenvalue weighted by Gasteiger charge is 2.21. The highest BCUT2D eigenvalue weighted by molar-refractivity contribution is 5.82. The average Bonchev–Trinajstić information content (AvgIpc) is 2.46. The van der Waals surface area contributed by atoms with Crippen LogP contribution in [0.1, 0.15) is 32.8 Å². The molecule has 0 saturated carbocycles. The number of nitrogens with two attached hydrogens (primary N) is 1. The van der Waals surface area contributed by atoms with E-state index in [9.17, 15) is 4.79 Å². The second kappa shape index (κ2) is 8.80. The zero-order valence-corrected chi connectivity index (χ0v) is 13.7. The van der Waals surface area contributed by atoms with Crippen LogP contribution in [0.25, 0.3) is 0 Å². The molecule has 3 unspecified atom stereocenters. The molecular formula is C17H29N3O. The maximum absolute atomic E-state index is 12.0. The molecule has 0 heterocycles. The Kier molecular flexibility index (Phi) is 7.40. The fraction of sp³-hybridized carbons (Fsp3) is 0.588. The summed E-state index contributed by atoms with van der Waals surface area (Å²) in [5, 5.41) is 3.01. The maximum Gasteiger partial charge on any atom is 0.237 e. The van der Waals surface area contributed by atoms with Crippen molar-refractivity contribution in [2.75, 3.05) is 13.6 Å². The number of hydrogen-bond acceptors (Lipinski definition) is 3. The molecule has 1 aromatic carbocycles. The molecule has 1 amide bonds. The summed E-state index contributed by atoms with van der Waals surface area (Å²) in [7, 11) is 2.06. The van der Waals surface area contributed by atoms with Crippen LogP contribution >= 0.6 is 0 Å². The molecule has 21 heavy (non-hydrogen) atoms. The van der Waals surface area contributed by atoms with E-state index in [1.165, 1.54) is 5.56 Å². The summed E-state index contributed by atoms with van der Waals surface area (Å²) in [5.41, 5.74) is 7.22. The van der Waals surface area contributed by atoms with Gasteiger partial charge in [0.15, 0.2) is 0 Å². The standard InChI is InChI=1S/C17H29N3O/c1-5-13(2)16(18)17(21)19-14(3)11-20(4)12-15-9-7-6-8-10-15/h6-10,13-14,16H,5,11-12,18H2,1-4H3,(H,19,21). The van der Waals surface area contributed by atoms with Crippen molar-refractivity contribution in [3.05, 3.63) is 35.9 Å². The molecule has 0 aliphatic rings. The van der Waals surface area contributed by atoms with Crippen LogP contribution in [-0.4, -0.2) is 36.5 Å². The van der Waals surface area contributed by atoms with E-state index in [1.54, 1.807) is 0 Å². The van der Waals surface area contributed by atoms with Crippen molar-refractivity contribution in [2.24, 2.45) is 11.7 Å². The van der Waals surface area contributed by atoms with E-state index in [0.717, 1.165) is 19.5 Å². The van der Waals surface area contributed by atoms with Gasteiger partial charge in [-0.15, -0.1) is 0 Å². The summed E-state index contributed by atoms with van der Waals surface area (Å²) in [6.07, 6.45) is 0.914. The van der Waals surface area contributed by atoms with Crippen LogP contribution in [0.15, 0.2) is 30.3 Å². The topological polar surface area (TPSA) is 58.4 Å². The molecule has 118 valence electrons. The third kappa shape index (κ3) is 6.27. The molecule has 3 atom stereocenters. The van der Waals surface area contributed by atoms with Gasteiger partial charge in [0.2, 0.25) is 5.91 Å². The zero-order valence-electron chi connectivity index (χ0n) is 13.7. The van der Waals surface area contributed by atoms with Crippen LogP contribution in [-0.2, 0) is 11.3 Å². The SMILES string of the molecule is CCC(C)C(N)C(=O)NC(C)CN(C)Cc1ccccc1. The lowest BCUT2D eigenvalue weighted by Crippen LogP contribution is -2.50. The van der Waals surface area contributed by atoms with Gasteiger partial charge in [0.1, 0.15) is 0 Å². The van der Waals surface area contributed by atoms with Crippen LogP contribution in [0.4, 0.5) is 0 Å². The first-order chi connectivity index (χ1) is 9.93. The third-order valence-corrected chi connectivity index (χ3v) is 3.83. The van der Waals surface area contributed by atoms with Gasteiger partial charge < -0.3 is 16.0 Å². The quantitative estimate of drug-likeness (QED) is 0.770. The molecule has 0 radical (unpaired) electrons. The minimum atomic E-state index is -0.420. The fourth-order valence-corrected chi connectivity index (χ4v) is 2.32. The van der Waals surface area contributed by atoms with Gasteiger partial charge in [-0.1, -0.05) is 50.6 Å². The van der Waals surface area contributed by atoms with Crippen molar-refractivity contribution >= 4 is 5.91 Å². The first-order valence-electron chi connectivity index (χ1n) is 7.72. The van der Waals surface area contributed by atoms with Gasteiger partial charge in [-0.2, -0.15) is 0 Å². The molecule has 4 heteroatoms. The minimum absolute atomic E-state index is 0.0510. The summed E-state index contributed by atoms with van der Waals surface area (Å²) < 4.78 is 0. The number of rotatable bonds is 8. The number of likely N-dealkylation sites (N-methyl/N-ethyl adjacent to an activating group) is 1. The van der Waals surface area contributed by atoms with Gasteiger partial charge in [0.25, 0.3) is 0 Å². The van der Waals surface area contributed by atoms with Crippen molar-refractivity contribution in [3.63, 3.8) is 0 Å². The summed E-state index contributed by atoms with van der Waals surface area (Å²) in [6.45, 7) is 7.75. The summed E-state index contributed by atoms with van der Waals surface area (Å²) in [4.78, 5) is 14.2. The van der Waals surface area contributed by atoms with Crippen molar-refractivity contribution in [1.82, 2.24) is 10.2 Å². The van der Waals surface area contributed by atoms with E-state index in [1.807, 2.05) is 32.0 Å². The predicted molar refractivity (Wildman–Crippen MR) is 87.8 cm³/mol. The van der Waals surface area contributed by atoms with Crippen LogP contribution in [0.5, 0.6) is 0 Å². The molecule has 0 saturated heterocycles. The minimum Gasteiger partial charge on any atom is -0.351 e. The second-order valence-corrected chi connectivity index (χ2v) is 6.00. The largest absolute Gasteiger partial charge is 0.351 e. The first kappa shape index (κ1) is 17.7. The van der Waals surface area contributed by atoms with Crippen molar-refractivity contribution in [2.45, 2.75) is 45.8 Å². The number of nitrogens with zero attached hydrogens (tertiary/aromatic N) is 1. The van der Waals surface area contributed by atoms with Crippen molar-refractivity contribution in [1.29, 1.82) is 0 Å². The van der Waals surface area contributed by atoms with Crippen molar-refractivity contribution < 1.29 is 4.79 Å². The molecular weight excluding hydrogens is 262 g/mol. The van der Waals surface area contributed by atoms with Gasteiger partial charge in [0.05, 0.1) is 6.04 Å². The fourth-order valence-electron chi connectivity index (χ4n) is 2.32. The van der Waals surface area contributed by atoms with Gasteiger partial charge in [0, 0.05) is 19.1 Å². The van der Waals surface area contributed by atoms with Crippen LogP contribution in [0.2, 0.25) is 0 Å². The molecule has 0 spiro atoms. The number of nitrogens with one attached hydrogen (secondary N) is 1. The Bertz CT molecular complexity index is 421. The van der Waals surface area contributed by atoms with E-state index in [2.05, 4.69) is 36.3 Å². The Morgan fingerprint density at radius 2 is 1.90 bits per heavy atom. The van der Waals surface area contributed by atoms with Gasteiger partial charge in [-0.3, -0.25) is 4.79 Å². The Hall–Kier alpha value is -1.39. The third-order valence-electron chi connectivity index (χ3n) is 3.83. The summed E-state index contributed by atoms with van der Waals surface area (Å²) in [5.74, 6) is 0.157. The Labute approximate surface area is 128 Å². The lowest BCUT2D eigenvalue weighted by Gasteiger charge is -2.25. The van der Waals surface area contributed by atoms with E-state index in [-0.39, 0.29) is 17.9 Å². The smallest absolute Gasteiger partial charge is 0.237 e. The van der Waals surface area contributed by atoms with E-state index < -0.39 is 6.04 Å². The molecule has 0 aromatic heterocycles. The molecule has 0 bridgehead atoms. The number of amides is 1. The van der Waals surface area contributed by atoms with Crippen LogP contribution in [0, 0.1) is 5.92 Å². The molecule has 3 N–H and O–H groups in total. The number of carbonyl (C=O) groups excluding carboxylic acids is 1. The molecule has 0 aliphatic heterocycles. The number of carbonyl (C=O) groups is 1. The highest BCUT2D eigenvalue weighted by Crippen LogP contribution is 2.06. The van der Waals surface area contributed by atoms with Crippen LogP contribution in [0.3, 0.4) is 0 Å². The van der Waals surface area contributed by atoms with E-state index >= 15 is 0 Å². The van der Waals surface area contributed by atoms with Gasteiger partial charge in [-0.25, -0.2) is 0 Å². The Morgan fingerprint density at radius 3 is 2.48 bits per heavy atom. The second-order valence-electron chi connectivity index (χ2n) is 6.00. The van der Waals surface area contributed by atoms with E-state index in [0.29, 0.717) is 0 Å². The lowest BCUT2D eigenvalue weighted by atomic mass is 9.99. The molecule has 1 aromatic rings. The molecule has 0 aliphatic carbocycles. The zero-order chi connectivity index (χ0) is 15.8. The predicted octanol–water partition coefficient (Wildman–Crippen LogP) is 2.00. The molecule has 1 rings (SSSR count). The first-order valence-corrected chi connectivity index (χ1v) is 7.72.